The summed E-state index contributed by atoms with van der Waals surface area (Å²) >= 11 is 1.55. The fourth-order valence-corrected chi connectivity index (χ4v) is 5.48. The number of sulfonamides is 1. The van der Waals surface area contributed by atoms with Gasteiger partial charge in [-0.1, -0.05) is 18.2 Å². The van der Waals surface area contributed by atoms with E-state index >= 15 is 0 Å². The van der Waals surface area contributed by atoms with Crippen LogP contribution in [0.4, 0.5) is 5.69 Å². The quantitative estimate of drug-likeness (QED) is 0.664. The Kier molecular flexibility index (Phi) is 7.09. The first-order valence-electron chi connectivity index (χ1n) is 9.52. The number of carbonyl (C=O) groups excluding carboxylic acids is 1. The number of aryl methyl sites for hydroxylation is 1. The normalized spacial score (nSPS) is 15.5. The predicted octanol–water partition coefficient (Wildman–Crippen LogP) is 2.26. The first-order chi connectivity index (χ1) is 13.4. The van der Waals surface area contributed by atoms with Crippen LogP contribution in [-0.4, -0.2) is 57.1 Å². The van der Waals surface area contributed by atoms with Crippen molar-refractivity contribution < 1.29 is 13.2 Å². The van der Waals surface area contributed by atoms with Gasteiger partial charge in [0.05, 0.1) is 12.2 Å². The van der Waals surface area contributed by atoms with Gasteiger partial charge in [0.15, 0.2) is 0 Å². The number of hydrogen-bond donors (Lipinski definition) is 1. The number of nitrogens with one attached hydrogen (secondary N) is 1. The Morgan fingerprint density at radius 3 is 2.61 bits per heavy atom. The van der Waals surface area contributed by atoms with E-state index in [9.17, 15) is 13.2 Å². The van der Waals surface area contributed by atoms with Crippen molar-refractivity contribution in [3.63, 3.8) is 0 Å². The minimum atomic E-state index is -3.29. The Morgan fingerprint density at radius 2 is 1.93 bits per heavy atom. The molecule has 1 aromatic carbocycles. The molecule has 0 aliphatic carbocycles. The van der Waals surface area contributed by atoms with Crippen molar-refractivity contribution in [1.82, 2.24) is 9.62 Å². The predicted molar refractivity (Wildman–Crippen MR) is 114 cm³/mol. The maximum absolute atomic E-state index is 12.6. The summed E-state index contributed by atoms with van der Waals surface area (Å²) in [5.74, 6) is 0.00288. The molecule has 1 aliphatic heterocycles. The van der Waals surface area contributed by atoms with E-state index in [1.165, 1.54) is 5.56 Å². The molecule has 1 aromatic heterocycles. The molecule has 1 aliphatic rings. The number of hydrogen-bond acceptors (Lipinski definition) is 5. The maximum Gasteiger partial charge on any atom is 0.225 e. The molecule has 1 amide bonds. The average Bonchev–Trinajstić information content (AvgIpc) is 3.18. The highest BCUT2D eigenvalue weighted by atomic mass is 32.2. The van der Waals surface area contributed by atoms with Crippen LogP contribution in [0.1, 0.15) is 16.9 Å². The molecule has 1 saturated heterocycles. The molecule has 28 heavy (non-hydrogen) atoms. The summed E-state index contributed by atoms with van der Waals surface area (Å²) in [5.41, 5.74) is 2.35. The number of anilines is 1. The maximum atomic E-state index is 12.6. The first-order valence-corrected chi connectivity index (χ1v) is 12.0. The van der Waals surface area contributed by atoms with Crippen LogP contribution in [0.2, 0.25) is 0 Å². The summed E-state index contributed by atoms with van der Waals surface area (Å²) in [6.45, 7) is 4.83. The first kappa shape index (κ1) is 20.8. The summed E-state index contributed by atoms with van der Waals surface area (Å²) in [5, 5.41) is 4.75. The van der Waals surface area contributed by atoms with E-state index in [1.807, 2.05) is 23.6 Å². The molecule has 0 bridgehead atoms. The van der Waals surface area contributed by atoms with E-state index in [0.717, 1.165) is 10.6 Å². The van der Waals surface area contributed by atoms with Gasteiger partial charge in [-0.3, -0.25) is 4.79 Å². The second kappa shape index (κ2) is 9.54. The van der Waals surface area contributed by atoms with E-state index < -0.39 is 10.0 Å². The number of benzene rings is 1. The van der Waals surface area contributed by atoms with Crippen molar-refractivity contribution in [2.45, 2.75) is 19.8 Å². The van der Waals surface area contributed by atoms with E-state index in [0.29, 0.717) is 45.6 Å². The summed E-state index contributed by atoms with van der Waals surface area (Å²) in [4.78, 5) is 15.1. The average molecular weight is 422 g/mol. The molecule has 0 saturated carbocycles. The third-order valence-electron chi connectivity index (χ3n) is 4.81. The third-order valence-corrected chi connectivity index (χ3v) is 7.65. The molecular formula is C20H27N3O3S2. The van der Waals surface area contributed by atoms with Crippen LogP contribution in [0.25, 0.3) is 0 Å². The summed E-state index contributed by atoms with van der Waals surface area (Å²) in [6.07, 6.45) is 0.780. The van der Waals surface area contributed by atoms with Gasteiger partial charge in [-0.05, 0) is 42.5 Å². The second-order valence-electron chi connectivity index (χ2n) is 7.00. The minimum absolute atomic E-state index is 0.0633. The Morgan fingerprint density at radius 1 is 1.14 bits per heavy atom. The molecule has 3 rings (SSSR count). The van der Waals surface area contributed by atoms with Crippen molar-refractivity contribution >= 4 is 33.0 Å². The summed E-state index contributed by atoms with van der Waals surface area (Å²) < 4.78 is 26.7. The van der Waals surface area contributed by atoms with Gasteiger partial charge in [0.1, 0.15) is 0 Å². The van der Waals surface area contributed by atoms with Crippen LogP contribution in [0.15, 0.2) is 41.8 Å². The monoisotopic (exact) mass is 421 g/mol. The van der Waals surface area contributed by atoms with Gasteiger partial charge in [0.2, 0.25) is 15.9 Å². The SMILES string of the molecule is Cc1cccc(N2CCN(S(=O)(=O)CCCNC(=O)Cc3cccs3)CC2)c1. The van der Waals surface area contributed by atoms with Gasteiger partial charge < -0.3 is 10.2 Å². The van der Waals surface area contributed by atoms with Gasteiger partial charge >= 0.3 is 0 Å². The second-order valence-corrected chi connectivity index (χ2v) is 10.1. The van der Waals surface area contributed by atoms with Crippen LogP contribution in [0.5, 0.6) is 0 Å². The minimum Gasteiger partial charge on any atom is -0.369 e. The zero-order valence-corrected chi connectivity index (χ0v) is 17.8. The van der Waals surface area contributed by atoms with Crippen LogP contribution in [-0.2, 0) is 21.2 Å². The Bertz CT molecular complexity index is 874. The Labute approximate surface area is 171 Å². The number of rotatable bonds is 8. The molecule has 0 unspecified atom stereocenters. The molecule has 0 radical (unpaired) electrons. The molecule has 0 atom stereocenters. The van der Waals surface area contributed by atoms with Crippen LogP contribution in [0.3, 0.4) is 0 Å². The van der Waals surface area contributed by atoms with Gasteiger partial charge in [0, 0.05) is 43.3 Å². The molecule has 2 heterocycles. The largest absolute Gasteiger partial charge is 0.369 e. The van der Waals surface area contributed by atoms with Gasteiger partial charge in [0.25, 0.3) is 0 Å². The number of piperazine rings is 1. The fraction of sp³-hybridized carbons (Fsp3) is 0.450. The number of amides is 1. The smallest absolute Gasteiger partial charge is 0.225 e. The third kappa shape index (κ3) is 5.80. The Hall–Kier alpha value is -1.90. The molecule has 1 N–H and O–H groups in total. The van der Waals surface area contributed by atoms with Crippen molar-refractivity contribution in [3.05, 3.63) is 52.2 Å². The van der Waals surface area contributed by atoms with Gasteiger partial charge in [-0.2, -0.15) is 4.31 Å². The van der Waals surface area contributed by atoms with E-state index in [-0.39, 0.29) is 11.7 Å². The lowest BCUT2D eigenvalue weighted by molar-refractivity contribution is -0.120. The van der Waals surface area contributed by atoms with Gasteiger partial charge in [-0.25, -0.2) is 8.42 Å². The van der Waals surface area contributed by atoms with E-state index in [1.54, 1.807) is 15.6 Å². The molecule has 8 heteroatoms. The summed E-state index contributed by atoms with van der Waals surface area (Å²) in [7, 11) is -3.29. The molecular weight excluding hydrogens is 394 g/mol. The fourth-order valence-electron chi connectivity index (χ4n) is 3.29. The number of nitrogens with zero attached hydrogens (tertiary/aromatic N) is 2. The Balaban J connectivity index is 1.39. The van der Waals surface area contributed by atoms with Crippen molar-refractivity contribution in [3.8, 4) is 0 Å². The van der Waals surface area contributed by atoms with Crippen molar-refractivity contribution in [2.24, 2.45) is 0 Å². The summed E-state index contributed by atoms with van der Waals surface area (Å²) in [6, 6.07) is 12.1. The lowest BCUT2D eigenvalue weighted by Crippen LogP contribution is -2.49. The number of carbonyl (C=O) groups is 1. The molecule has 2 aromatic rings. The lowest BCUT2D eigenvalue weighted by Gasteiger charge is -2.35. The van der Waals surface area contributed by atoms with E-state index in [2.05, 4.69) is 35.3 Å². The molecule has 1 fully saturated rings. The van der Waals surface area contributed by atoms with Crippen molar-refractivity contribution in [1.29, 1.82) is 0 Å². The molecule has 152 valence electrons. The highest BCUT2D eigenvalue weighted by Crippen LogP contribution is 2.19. The number of thiophene rings is 1. The molecule has 0 spiro atoms. The molecule has 6 nitrogen and oxygen atoms in total. The van der Waals surface area contributed by atoms with Gasteiger partial charge in [-0.15, -0.1) is 11.3 Å². The zero-order chi connectivity index (χ0) is 20.0. The van der Waals surface area contributed by atoms with Crippen LogP contribution >= 0.6 is 11.3 Å². The standard InChI is InChI=1S/C20H27N3O3S2/c1-17-5-2-6-18(15-17)22-9-11-23(12-10-22)28(25,26)14-4-8-21-20(24)16-19-7-3-13-27-19/h2-3,5-7,13,15H,4,8-12,14,16H2,1H3,(H,21,24). The van der Waals surface area contributed by atoms with Crippen molar-refractivity contribution in [2.75, 3.05) is 43.4 Å². The van der Waals surface area contributed by atoms with Crippen LogP contribution < -0.4 is 10.2 Å². The highest BCUT2D eigenvalue weighted by Gasteiger charge is 2.26. The highest BCUT2D eigenvalue weighted by molar-refractivity contribution is 7.89. The van der Waals surface area contributed by atoms with E-state index in [4.69, 9.17) is 0 Å². The lowest BCUT2D eigenvalue weighted by atomic mass is 10.2. The zero-order valence-electron chi connectivity index (χ0n) is 16.1. The van der Waals surface area contributed by atoms with Crippen LogP contribution in [0, 0.1) is 6.92 Å². The topological polar surface area (TPSA) is 69.7 Å².